The van der Waals surface area contributed by atoms with Gasteiger partial charge in [0, 0.05) is 17.8 Å². The lowest BCUT2D eigenvalue weighted by Gasteiger charge is -2.25. The zero-order valence-corrected chi connectivity index (χ0v) is 17.3. The van der Waals surface area contributed by atoms with Gasteiger partial charge in [0.1, 0.15) is 29.2 Å². The maximum absolute atomic E-state index is 14.7. The van der Waals surface area contributed by atoms with Crippen molar-refractivity contribution in [3.63, 3.8) is 0 Å². The normalized spacial score (nSPS) is 19.3. The average molecular weight is 448 g/mol. The molecule has 5 rings (SSSR count). The van der Waals surface area contributed by atoms with E-state index in [1.54, 1.807) is 36.4 Å². The number of ether oxygens (including phenoxy) is 1. The number of hydrogen-bond acceptors (Lipinski definition) is 5. The molecule has 8 heteroatoms. The number of aryl methyl sites for hydroxylation is 1. The van der Waals surface area contributed by atoms with Crippen molar-refractivity contribution in [2.45, 2.75) is 18.9 Å². The fourth-order valence-electron chi connectivity index (χ4n) is 4.24. The fourth-order valence-corrected chi connectivity index (χ4v) is 4.24. The molecule has 2 aliphatic heterocycles. The van der Waals surface area contributed by atoms with Crippen LogP contribution in [0.3, 0.4) is 0 Å². The maximum Gasteiger partial charge on any atom is 0.300 e. The molecule has 1 amide bonds. The molecule has 3 heterocycles. The van der Waals surface area contributed by atoms with E-state index in [9.17, 15) is 23.5 Å². The Bertz CT molecular complexity index is 1310. The number of Topliss-reactive ketones (excluding diaryl/α,β-unsaturated/α-hetero) is 1. The van der Waals surface area contributed by atoms with Crippen molar-refractivity contribution in [1.29, 1.82) is 0 Å². The van der Waals surface area contributed by atoms with Crippen LogP contribution in [0.1, 0.15) is 29.3 Å². The van der Waals surface area contributed by atoms with Crippen LogP contribution in [0.2, 0.25) is 0 Å². The summed E-state index contributed by atoms with van der Waals surface area (Å²) in [6.07, 6.45) is 3.03. The van der Waals surface area contributed by atoms with E-state index in [1.807, 2.05) is 0 Å². The lowest BCUT2D eigenvalue weighted by Crippen LogP contribution is -2.30. The van der Waals surface area contributed by atoms with Gasteiger partial charge in [-0.2, -0.15) is 0 Å². The zero-order valence-electron chi connectivity index (χ0n) is 17.3. The van der Waals surface area contributed by atoms with Gasteiger partial charge in [-0.05, 0) is 60.9 Å². The van der Waals surface area contributed by atoms with E-state index < -0.39 is 35.1 Å². The van der Waals surface area contributed by atoms with Gasteiger partial charge in [0.05, 0.1) is 23.6 Å². The van der Waals surface area contributed by atoms with Gasteiger partial charge < -0.3 is 9.84 Å². The number of pyridine rings is 1. The first kappa shape index (κ1) is 20.8. The number of aromatic nitrogens is 1. The Labute approximate surface area is 187 Å². The van der Waals surface area contributed by atoms with Crippen LogP contribution in [0.15, 0.2) is 66.4 Å². The van der Waals surface area contributed by atoms with E-state index in [1.165, 1.54) is 6.20 Å². The minimum absolute atomic E-state index is 0.223. The molecule has 1 atom stereocenters. The molecule has 6 nitrogen and oxygen atoms in total. The predicted molar refractivity (Wildman–Crippen MR) is 116 cm³/mol. The number of halogens is 2. The van der Waals surface area contributed by atoms with Crippen LogP contribution in [0.4, 0.5) is 14.5 Å². The van der Waals surface area contributed by atoms with Gasteiger partial charge in [-0.1, -0.05) is 6.07 Å². The van der Waals surface area contributed by atoms with Crippen molar-refractivity contribution in [2.24, 2.45) is 0 Å². The second-order valence-corrected chi connectivity index (χ2v) is 7.79. The molecular formula is C25H18F2N2O4. The third-order valence-electron chi connectivity index (χ3n) is 5.76. The van der Waals surface area contributed by atoms with Crippen LogP contribution in [-0.4, -0.2) is 28.4 Å². The molecular weight excluding hydrogens is 430 g/mol. The molecule has 1 unspecified atom stereocenters. The maximum atomic E-state index is 14.7. The highest BCUT2D eigenvalue weighted by Crippen LogP contribution is 2.42. The quantitative estimate of drug-likeness (QED) is 0.367. The topological polar surface area (TPSA) is 79.7 Å². The molecule has 2 aromatic carbocycles. The monoisotopic (exact) mass is 448 g/mol. The Hall–Kier alpha value is -4.07. The van der Waals surface area contributed by atoms with Gasteiger partial charge in [0.2, 0.25) is 0 Å². The van der Waals surface area contributed by atoms with Crippen LogP contribution >= 0.6 is 0 Å². The second kappa shape index (κ2) is 8.12. The summed E-state index contributed by atoms with van der Waals surface area (Å²) in [5, 5.41) is 11.2. The second-order valence-electron chi connectivity index (χ2n) is 7.79. The number of carbonyl (C=O) groups excluding carboxylic acids is 2. The first-order chi connectivity index (χ1) is 16.0. The van der Waals surface area contributed by atoms with Crippen molar-refractivity contribution in [3.05, 3.63) is 94.8 Å². The number of fused-ring (bicyclic) bond motifs is 1. The van der Waals surface area contributed by atoms with E-state index in [0.717, 1.165) is 35.4 Å². The molecule has 0 aliphatic carbocycles. The number of anilines is 1. The summed E-state index contributed by atoms with van der Waals surface area (Å²) in [6.45, 7) is 0.604. The summed E-state index contributed by atoms with van der Waals surface area (Å²) in [5.41, 5.74) is 0.950. The minimum atomic E-state index is -1.20. The number of rotatable bonds is 3. The van der Waals surface area contributed by atoms with E-state index in [-0.39, 0.29) is 17.0 Å². The van der Waals surface area contributed by atoms with Crippen molar-refractivity contribution in [2.75, 3.05) is 11.5 Å². The number of hydrogen-bond donors (Lipinski definition) is 1. The zero-order chi connectivity index (χ0) is 23.1. The number of benzene rings is 2. The molecule has 166 valence electrons. The number of ketones is 1. The van der Waals surface area contributed by atoms with Crippen LogP contribution in [-0.2, 0) is 16.0 Å². The van der Waals surface area contributed by atoms with Crippen molar-refractivity contribution in [3.8, 4) is 5.75 Å². The number of aliphatic hydroxyl groups is 1. The van der Waals surface area contributed by atoms with Crippen LogP contribution in [0, 0.1) is 11.6 Å². The smallest absolute Gasteiger partial charge is 0.300 e. The third kappa shape index (κ3) is 3.53. The first-order valence-electron chi connectivity index (χ1n) is 10.4. The van der Waals surface area contributed by atoms with Gasteiger partial charge in [-0.25, -0.2) is 8.78 Å². The van der Waals surface area contributed by atoms with Crippen LogP contribution in [0.25, 0.3) is 5.76 Å². The largest absolute Gasteiger partial charge is 0.507 e. The summed E-state index contributed by atoms with van der Waals surface area (Å²) in [4.78, 5) is 31.3. The SMILES string of the molecule is O=C1C(=O)N(c2ccc(F)cc2F)C(c2ccccn2)/C1=C(/O)c1ccc2c(c1)CCCO2. The molecule has 0 bridgehead atoms. The summed E-state index contributed by atoms with van der Waals surface area (Å²) in [7, 11) is 0. The van der Waals surface area contributed by atoms with Crippen molar-refractivity contribution in [1.82, 2.24) is 4.98 Å². The van der Waals surface area contributed by atoms with Gasteiger partial charge >= 0.3 is 0 Å². The van der Waals surface area contributed by atoms with Crippen molar-refractivity contribution < 1.29 is 28.2 Å². The van der Waals surface area contributed by atoms with Crippen LogP contribution < -0.4 is 9.64 Å². The highest BCUT2D eigenvalue weighted by atomic mass is 19.1. The summed E-state index contributed by atoms with van der Waals surface area (Å²) < 4.78 is 33.8. The highest BCUT2D eigenvalue weighted by molar-refractivity contribution is 6.51. The van der Waals surface area contributed by atoms with Gasteiger partial charge in [0.25, 0.3) is 11.7 Å². The third-order valence-corrected chi connectivity index (χ3v) is 5.76. The minimum Gasteiger partial charge on any atom is -0.507 e. The summed E-state index contributed by atoms with van der Waals surface area (Å²) in [5.74, 6) is -3.56. The lowest BCUT2D eigenvalue weighted by atomic mass is 9.96. The number of aliphatic hydroxyl groups excluding tert-OH is 1. The molecule has 1 aromatic heterocycles. The average Bonchev–Trinajstić information content (AvgIpc) is 3.09. The van der Waals surface area contributed by atoms with Gasteiger partial charge in [-0.3, -0.25) is 19.5 Å². The first-order valence-corrected chi connectivity index (χ1v) is 10.4. The van der Waals surface area contributed by atoms with Gasteiger partial charge in [-0.15, -0.1) is 0 Å². The predicted octanol–water partition coefficient (Wildman–Crippen LogP) is 4.31. The number of carbonyl (C=O) groups is 2. The number of nitrogens with zero attached hydrogens (tertiary/aromatic N) is 2. The Morgan fingerprint density at radius 2 is 1.94 bits per heavy atom. The Morgan fingerprint density at radius 3 is 2.70 bits per heavy atom. The van der Waals surface area contributed by atoms with E-state index in [0.29, 0.717) is 24.0 Å². The molecule has 1 fully saturated rings. The molecule has 3 aromatic rings. The van der Waals surface area contributed by atoms with Gasteiger partial charge in [0.15, 0.2) is 0 Å². The highest BCUT2D eigenvalue weighted by Gasteiger charge is 2.48. The molecule has 33 heavy (non-hydrogen) atoms. The Balaban J connectivity index is 1.70. The summed E-state index contributed by atoms with van der Waals surface area (Å²) in [6, 6.07) is 11.4. The van der Waals surface area contributed by atoms with E-state index >= 15 is 0 Å². The van der Waals surface area contributed by atoms with E-state index in [2.05, 4.69) is 4.98 Å². The molecule has 2 aliphatic rings. The fraction of sp³-hybridized carbons (Fsp3) is 0.160. The Kier molecular flexibility index (Phi) is 5.12. The lowest BCUT2D eigenvalue weighted by molar-refractivity contribution is -0.132. The Morgan fingerprint density at radius 1 is 1.09 bits per heavy atom. The van der Waals surface area contributed by atoms with E-state index in [4.69, 9.17) is 4.74 Å². The molecule has 0 spiro atoms. The van der Waals surface area contributed by atoms with Crippen molar-refractivity contribution >= 4 is 23.1 Å². The molecule has 0 saturated carbocycles. The molecule has 1 saturated heterocycles. The number of amides is 1. The summed E-state index contributed by atoms with van der Waals surface area (Å²) >= 11 is 0. The molecule has 1 N–H and O–H groups in total. The standard InChI is InChI=1S/C25H18F2N2O4/c26-16-7-8-19(17(27)13-16)29-22(18-5-1-2-10-28-18)21(24(31)25(29)32)23(30)15-6-9-20-14(12-15)4-3-11-33-20/h1-2,5-10,12-13,22,30H,3-4,11H2/b23-21-. The van der Waals surface area contributed by atoms with Crippen LogP contribution in [0.5, 0.6) is 5.75 Å². The molecule has 0 radical (unpaired) electrons.